The molecule has 20 heavy (non-hydrogen) atoms. The van der Waals surface area contributed by atoms with Crippen LogP contribution in [0.3, 0.4) is 0 Å². The van der Waals surface area contributed by atoms with E-state index >= 15 is 0 Å². The molecule has 110 valence electrons. The lowest BCUT2D eigenvalue weighted by Gasteiger charge is -2.21. The Kier molecular flexibility index (Phi) is 4.04. The largest absolute Gasteiger partial charge is 0.416 e. The number of amides is 1. The molecule has 1 aromatic rings. The average molecular weight is 286 g/mol. The van der Waals surface area contributed by atoms with Crippen molar-refractivity contribution in [3.63, 3.8) is 0 Å². The first-order valence-corrected chi connectivity index (χ1v) is 6.52. The van der Waals surface area contributed by atoms with Crippen molar-refractivity contribution in [1.29, 1.82) is 0 Å². The fourth-order valence-corrected chi connectivity index (χ4v) is 2.10. The second-order valence-corrected chi connectivity index (χ2v) is 5.24. The van der Waals surface area contributed by atoms with E-state index in [0.29, 0.717) is 5.56 Å². The lowest BCUT2D eigenvalue weighted by atomic mass is 9.99. The summed E-state index contributed by atoms with van der Waals surface area (Å²) in [5.41, 5.74) is 5.27. The van der Waals surface area contributed by atoms with Crippen LogP contribution in [-0.2, 0) is 11.0 Å². The van der Waals surface area contributed by atoms with Crippen LogP contribution in [-0.4, -0.2) is 11.9 Å². The van der Waals surface area contributed by atoms with Crippen LogP contribution in [0, 0.1) is 5.92 Å². The van der Waals surface area contributed by atoms with Crippen LogP contribution in [0.5, 0.6) is 0 Å². The first kappa shape index (κ1) is 14.8. The number of benzene rings is 1. The number of hydrogen-bond donors (Lipinski definition) is 2. The lowest BCUT2D eigenvalue weighted by molar-refractivity contribution is -0.137. The summed E-state index contributed by atoms with van der Waals surface area (Å²) >= 11 is 0. The van der Waals surface area contributed by atoms with Crippen LogP contribution in [0.25, 0.3) is 0 Å². The molecule has 1 unspecified atom stereocenters. The molecule has 2 rings (SSSR count). The van der Waals surface area contributed by atoms with Gasteiger partial charge in [-0.1, -0.05) is 12.1 Å². The summed E-state index contributed by atoms with van der Waals surface area (Å²) in [7, 11) is 0. The molecule has 0 radical (unpaired) electrons. The molecule has 1 saturated carbocycles. The Labute approximate surface area is 115 Å². The number of carbonyl (C=O) groups is 1. The Hall–Kier alpha value is -1.56. The predicted octanol–water partition coefficient (Wildman–Crippen LogP) is 2.62. The van der Waals surface area contributed by atoms with Crippen molar-refractivity contribution >= 4 is 5.91 Å². The maximum atomic E-state index is 12.7. The van der Waals surface area contributed by atoms with Gasteiger partial charge in [-0.05, 0) is 43.4 Å². The predicted molar refractivity (Wildman–Crippen MR) is 68.7 cm³/mol. The smallest absolute Gasteiger partial charge is 0.348 e. The van der Waals surface area contributed by atoms with Gasteiger partial charge in [0, 0.05) is 0 Å². The molecule has 3 N–H and O–H groups in total. The zero-order chi connectivity index (χ0) is 14.9. The molecule has 0 bridgehead atoms. The second kappa shape index (κ2) is 5.44. The van der Waals surface area contributed by atoms with Gasteiger partial charge in [0.15, 0.2) is 0 Å². The highest BCUT2D eigenvalue weighted by Crippen LogP contribution is 2.42. The monoisotopic (exact) mass is 286 g/mol. The molecule has 0 aliphatic heterocycles. The molecule has 0 spiro atoms. The zero-order valence-electron chi connectivity index (χ0n) is 11.1. The molecule has 0 aromatic heterocycles. The number of carbonyl (C=O) groups excluding carboxylic acids is 1. The van der Waals surface area contributed by atoms with Crippen molar-refractivity contribution in [2.75, 3.05) is 0 Å². The van der Waals surface area contributed by atoms with Crippen LogP contribution in [0.4, 0.5) is 13.2 Å². The van der Waals surface area contributed by atoms with Gasteiger partial charge in [0.1, 0.15) is 0 Å². The zero-order valence-corrected chi connectivity index (χ0v) is 11.1. The minimum absolute atomic E-state index is 0.196. The van der Waals surface area contributed by atoms with Gasteiger partial charge >= 0.3 is 6.18 Å². The van der Waals surface area contributed by atoms with Gasteiger partial charge in [-0.25, -0.2) is 0 Å². The minimum atomic E-state index is -4.38. The Bertz CT molecular complexity index is 495. The lowest BCUT2D eigenvalue weighted by Crippen LogP contribution is -2.41. The van der Waals surface area contributed by atoms with Gasteiger partial charge < -0.3 is 11.1 Å². The molecule has 1 aromatic carbocycles. The first-order valence-electron chi connectivity index (χ1n) is 6.52. The van der Waals surface area contributed by atoms with Crippen molar-refractivity contribution in [2.45, 2.75) is 38.0 Å². The van der Waals surface area contributed by atoms with E-state index < -0.39 is 23.8 Å². The fourth-order valence-electron chi connectivity index (χ4n) is 2.10. The van der Waals surface area contributed by atoms with Crippen molar-refractivity contribution < 1.29 is 18.0 Å². The molecule has 0 saturated heterocycles. The maximum absolute atomic E-state index is 12.7. The van der Waals surface area contributed by atoms with Crippen LogP contribution in [0.2, 0.25) is 0 Å². The third kappa shape index (κ3) is 3.50. The van der Waals surface area contributed by atoms with E-state index in [1.165, 1.54) is 6.07 Å². The van der Waals surface area contributed by atoms with E-state index in [1.807, 2.05) is 0 Å². The Morgan fingerprint density at radius 3 is 2.55 bits per heavy atom. The van der Waals surface area contributed by atoms with Gasteiger partial charge in [0.25, 0.3) is 0 Å². The third-order valence-electron chi connectivity index (χ3n) is 3.38. The van der Waals surface area contributed by atoms with Crippen molar-refractivity contribution in [2.24, 2.45) is 11.7 Å². The Balaban J connectivity index is 2.24. The minimum Gasteiger partial charge on any atom is -0.348 e. The van der Waals surface area contributed by atoms with E-state index in [9.17, 15) is 18.0 Å². The molecule has 6 heteroatoms. The summed E-state index contributed by atoms with van der Waals surface area (Å²) in [5, 5.41) is 2.74. The SMILES string of the molecule is C[C@@H](N)C(=O)NC(c1cccc(C(F)(F)F)c1)C1CC1. The maximum Gasteiger partial charge on any atom is 0.416 e. The molecule has 0 heterocycles. The highest BCUT2D eigenvalue weighted by atomic mass is 19.4. The summed E-state index contributed by atoms with van der Waals surface area (Å²) in [5.74, 6) is -0.152. The topological polar surface area (TPSA) is 55.1 Å². The Morgan fingerprint density at radius 2 is 2.05 bits per heavy atom. The van der Waals surface area contributed by atoms with E-state index in [-0.39, 0.29) is 11.8 Å². The van der Waals surface area contributed by atoms with Crippen molar-refractivity contribution in [3.8, 4) is 0 Å². The molecular formula is C14H17F3N2O. The number of hydrogen-bond acceptors (Lipinski definition) is 2. The molecule has 1 aliphatic rings. The molecule has 3 nitrogen and oxygen atoms in total. The number of rotatable bonds is 4. The quantitative estimate of drug-likeness (QED) is 0.894. The van der Waals surface area contributed by atoms with Gasteiger partial charge in [0.05, 0.1) is 17.6 Å². The molecule has 1 amide bonds. The summed E-state index contributed by atoms with van der Waals surface area (Å²) in [4.78, 5) is 11.7. The van der Waals surface area contributed by atoms with Crippen LogP contribution < -0.4 is 11.1 Å². The van der Waals surface area contributed by atoms with Crippen molar-refractivity contribution in [1.82, 2.24) is 5.32 Å². The van der Waals surface area contributed by atoms with Gasteiger partial charge in [-0.15, -0.1) is 0 Å². The molecule has 1 aliphatic carbocycles. The third-order valence-corrected chi connectivity index (χ3v) is 3.38. The van der Waals surface area contributed by atoms with E-state index in [4.69, 9.17) is 5.73 Å². The standard InChI is InChI=1S/C14H17F3N2O/c1-8(18)13(20)19-12(9-5-6-9)10-3-2-4-11(7-10)14(15,16)17/h2-4,7-9,12H,5-6,18H2,1H3,(H,19,20)/t8-,12?/m1/s1. The first-order chi connectivity index (χ1) is 9.29. The summed E-state index contributed by atoms with van der Waals surface area (Å²) in [6.45, 7) is 1.55. The highest BCUT2D eigenvalue weighted by molar-refractivity contribution is 5.81. The number of nitrogens with one attached hydrogen (secondary N) is 1. The average Bonchev–Trinajstić information content (AvgIpc) is 3.18. The van der Waals surface area contributed by atoms with Crippen LogP contribution in [0.1, 0.15) is 36.9 Å². The van der Waals surface area contributed by atoms with Gasteiger partial charge in [0.2, 0.25) is 5.91 Å². The van der Waals surface area contributed by atoms with Crippen molar-refractivity contribution in [3.05, 3.63) is 35.4 Å². The second-order valence-electron chi connectivity index (χ2n) is 5.24. The molecule has 1 fully saturated rings. The van der Waals surface area contributed by atoms with E-state index in [1.54, 1.807) is 13.0 Å². The summed E-state index contributed by atoms with van der Waals surface area (Å²) in [6.07, 6.45) is -2.57. The summed E-state index contributed by atoms with van der Waals surface area (Å²) in [6, 6.07) is 4.04. The van der Waals surface area contributed by atoms with Gasteiger partial charge in [-0.2, -0.15) is 13.2 Å². The van der Waals surface area contributed by atoms with E-state index in [0.717, 1.165) is 25.0 Å². The normalized spacial score (nSPS) is 18.4. The highest BCUT2D eigenvalue weighted by Gasteiger charge is 2.36. The van der Waals surface area contributed by atoms with Crippen LogP contribution in [0.15, 0.2) is 24.3 Å². The summed E-state index contributed by atoms with van der Waals surface area (Å²) < 4.78 is 38.2. The number of alkyl halides is 3. The number of nitrogens with two attached hydrogens (primary N) is 1. The number of halogens is 3. The Morgan fingerprint density at radius 1 is 1.40 bits per heavy atom. The molecule has 2 atom stereocenters. The molecular weight excluding hydrogens is 269 g/mol. The van der Waals surface area contributed by atoms with Gasteiger partial charge in [-0.3, -0.25) is 4.79 Å². The van der Waals surface area contributed by atoms with E-state index in [2.05, 4.69) is 5.32 Å². The van der Waals surface area contributed by atoms with Crippen LogP contribution >= 0.6 is 0 Å². The fraction of sp³-hybridized carbons (Fsp3) is 0.500.